The van der Waals surface area contributed by atoms with Gasteiger partial charge in [0.25, 0.3) is 0 Å². The maximum absolute atomic E-state index is 3.48. The van der Waals surface area contributed by atoms with Gasteiger partial charge in [0.05, 0.1) is 0 Å². The molecule has 0 radical (unpaired) electrons. The van der Waals surface area contributed by atoms with Gasteiger partial charge in [-0.25, -0.2) is 0 Å². The lowest BCUT2D eigenvalue weighted by Gasteiger charge is -2.23. The van der Waals surface area contributed by atoms with Crippen molar-refractivity contribution in [2.45, 2.75) is 65.5 Å². The molecule has 118 valence electrons. The highest BCUT2D eigenvalue weighted by Crippen LogP contribution is 2.25. The highest BCUT2D eigenvalue weighted by Gasteiger charge is 2.16. The fourth-order valence-electron chi connectivity index (χ4n) is 3.27. The molecule has 1 N–H and O–H groups in total. The molecule has 1 unspecified atom stereocenters. The van der Waals surface area contributed by atoms with E-state index in [1.54, 1.807) is 0 Å². The first-order valence-electron chi connectivity index (χ1n) is 8.76. The summed E-state index contributed by atoms with van der Waals surface area (Å²) < 4.78 is 0. The summed E-state index contributed by atoms with van der Waals surface area (Å²) in [5.74, 6) is 0.953. The first-order valence-corrected chi connectivity index (χ1v) is 8.76. The van der Waals surface area contributed by atoms with Crippen molar-refractivity contribution < 1.29 is 0 Å². The van der Waals surface area contributed by atoms with Crippen molar-refractivity contribution in [3.63, 3.8) is 0 Å². The van der Waals surface area contributed by atoms with Crippen LogP contribution in [-0.4, -0.2) is 19.1 Å². The molecule has 1 saturated heterocycles. The van der Waals surface area contributed by atoms with E-state index in [1.807, 2.05) is 0 Å². The number of nitrogens with one attached hydrogen (secondary N) is 1. The highest BCUT2D eigenvalue weighted by molar-refractivity contribution is 5.47. The van der Waals surface area contributed by atoms with Crippen molar-refractivity contribution in [2.24, 2.45) is 5.92 Å². The minimum Gasteiger partial charge on any atom is -0.372 e. The van der Waals surface area contributed by atoms with Crippen molar-refractivity contribution in [3.05, 3.63) is 29.8 Å². The zero-order valence-corrected chi connectivity index (χ0v) is 14.1. The summed E-state index contributed by atoms with van der Waals surface area (Å²) in [6.45, 7) is 10.1. The van der Waals surface area contributed by atoms with Crippen LogP contribution in [0.2, 0.25) is 0 Å². The molecule has 1 aliphatic heterocycles. The Morgan fingerprint density at radius 2 is 1.90 bits per heavy atom. The Morgan fingerprint density at radius 3 is 2.57 bits per heavy atom. The van der Waals surface area contributed by atoms with E-state index < -0.39 is 0 Å². The molecule has 2 heteroatoms. The van der Waals surface area contributed by atoms with Gasteiger partial charge in [0, 0.05) is 31.4 Å². The van der Waals surface area contributed by atoms with E-state index >= 15 is 0 Å². The Kier molecular flexibility index (Phi) is 6.56. The van der Waals surface area contributed by atoms with E-state index in [0.717, 1.165) is 12.5 Å². The molecule has 21 heavy (non-hydrogen) atoms. The zero-order valence-electron chi connectivity index (χ0n) is 14.1. The maximum atomic E-state index is 3.48. The summed E-state index contributed by atoms with van der Waals surface area (Å²) in [6, 6.07) is 9.71. The second kappa shape index (κ2) is 8.43. The molecule has 2 nitrogen and oxygen atoms in total. The SMILES string of the molecule is CCCC1CCCN(c2ccc(CNC(C)C)cc2)CC1. The fraction of sp³-hybridized carbons (Fsp3) is 0.684. The van der Waals surface area contributed by atoms with E-state index in [4.69, 9.17) is 0 Å². The van der Waals surface area contributed by atoms with Gasteiger partial charge in [0.1, 0.15) is 0 Å². The lowest BCUT2D eigenvalue weighted by atomic mass is 9.96. The van der Waals surface area contributed by atoms with E-state index in [2.05, 4.69) is 55.3 Å². The van der Waals surface area contributed by atoms with E-state index in [9.17, 15) is 0 Å². The Bertz CT molecular complexity index is 397. The van der Waals surface area contributed by atoms with Gasteiger partial charge in [0.2, 0.25) is 0 Å². The molecule has 0 spiro atoms. The summed E-state index contributed by atoms with van der Waals surface area (Å²) >= 11 is 0. The molecule has 0 aromatic heterocycles. The summed E-state index contributed by atoms with van der Waals surface area (Å²) in [7, 11) is 0. The van der Waals surface area contributed by atoms with Crippen molar-refractivity contribution in [1.29, 1.82) is 0 Å². The normalized spacial score (nSPS) is 19.8. The van der Waals surface area contributed by atoms with Gasteiger partial charge < -0.3 is 10.2 Å². The topological polar surface area (TPSA) is 15.3 Å². The Labute approximate surface area is 130 Å². The number of hydrogen-bond acceptors (Lipinski definition) is 2. The number of benzene rings is 1. The molecule has 0 aliphatic carbocycles. The van der Waals surface area contributed by atoms with Gasteiger partial charge in [0.15, 0.2) is 0 Å². The van der Waals surface area contributed by atoms with Crippen molar-refractivity contribution in [2.75, 3.05) is 18.0 Å². The molecule has 0 bridgehead atoms. The first kappa shape index (κ1) is 16.4. The molecule has 1 fully saturated rings. The number of rotatable bonds is 6. The van der Waals surface area contributed by atoms with Crippen LogP contribution < -0.4 is 10.2 Å². The van der Waals surface area contributed by atoms with Crippen LogP contribution in [0.1, 0.15) is 58.4 Å². The number of anilines is 1. The minimum atomic E-state index is 0.547. The lowest BCUT2D eigenvalue weighted by molar-refractivity contribution is 0.435. The number of nitrogens with zero attached hydrogens (tertiary/aromatic N) is 1. The van der Waals surface area contributed by atoms with Gasteiger partial charge in [-0.2, -0.15) is 0 Å². The third kappa shape index (κ3) is 5.35. The van der Waals surface area contributed by atoms with Crippen LogP contribution in [0.4, 0.5) is 5.69 Å². The van der Waals surface area contributed by atoms with Gasteiger partial charge in [-0.05, 0) is 42.9 Å². The molecule has 1 heterocycles. The van der Waals surface area contributed by atoms with Crippen molar-refractivity contribution in [1.82, 2.24) is 5.32 Å². The van der Waals surface area contributed by atoms with Gasteiger partial charge in [-0.15, -0.1) is 0 Å². The monoisotopic (exact) mass is 288 g/mol. The predicted molar refractivity (Wildman–Crippen MR) is 92.9 cm³/mol. The summed E-state index contributed by atoms with van der Waals surface area (Å²) in [4.78, 5) is 2.58. The Balaban J connectivity index is 1.89. The van der Waals surface area contributed by atoms with Gasteiger partial charge >= 0.3 is 0 Å². The molecule has 1 aliphatic rings. The van der Waals surface area contributed by atoms with Crippen LogP contribution >= 0.6 is 0 Å². The van der Waals surface area contributed by atoms with Crippen LogP contribution in [0.3, 0.4) is 0 Å². The molecular formula is C19H32N2. The van der Waals surface area contributed by atoms with E-state index in [-0.39, 0.29) is 0 Å². The first-order chi connectivity index (χ1) is 10.2. The van der Waals surface area contributed by atoms with E-state index in [0.29, 0.717) is 6.04 Å². The second-order valence-electron chi connectivity index (χ2n) is 6.77. The lowest BCUT2D eigenvalue weighted by Crippen LogP contribution is -2.24. The largest absolute Gasteiger partial charge is 0.372 e. The van der Waals surface area contributed by atoms with Crippen LogP contribution in [0, 0.1) is 5.92 Å². The molecule has 2 rings (SSSR count). The molecule has 0 amide bonds. The molecule has 0 saturated carbocycles. The average molecular weight is 288 g/mol. The quantitative estimate of drug-likeness (QED) is 0.823. The summed E-state index contributed by atoms with van der Waals surface area (Å²) in [5, 5.41) is 3.48. The van der Waals surface area contributed by atoms with Crippen molar-refractivity contribution >= 4 is 5.69 Å². The second-order valence-corrected chi connectivity index (χ2v) is 6.77. The van der Waals surface area contributed by atoms with Crippen LogP contribution in [0.15, 0.2) is 24.3 Å². The molecule has 1 atom stereocenters. The smallest absolute Gasteiger partial charge is 0.0366 e. The van der Waals surface area contributed by atoms with Gasteiger partial charge in [-0.3, -0.25) is 0 Å². The van der Waals surface area contributed by atoms with E-state index in [1.165, 1.54) is 56.4 Å². The molecule has 1 aromatic carbocycles. The third-order valence-electron chi connectivity index (χ3n) is 4.56. The van der Waals surface area contributed by atoms with Crippen LogP contribution in [0.25, 0.3) is 0 Å². The summed E-state index contributed by atoms with van der Waals surface area (Å²) in [6.07, 6.45) is 6.88. The van der Waals surface area contributed by atoms with Crippen LogP contribution in [0.5, 0.6) is 0 Å². The standard InChI is InChI=1S/C19H32N2/c1-4-6-17-7-5-13-21(14-12-17)19-10-8-18(9-11-19)15-20-16(2)3/h8-11,16-17,20H,4-7,12-15H2,1-3H3. The Morgan fingerprint density at radius 1 is 1.14 bits per heavy atom. The zero-order chi connectivity index (χ0) is 15.1. The number of hydrogen-bond donors (Lipinski definition) is 1. The highest BCUT2D eigenvalue weighted by atomic mass is 15.1. The van der Waals surface area contributed by atoms with Gasteiger partial charge in [-0.1, -0.05) is 45.7 Å². The molecular weight excluding hydrogens is 256 g/mol. The minimum absolute atomic E-state index is 0.547. The summed E-state index contributed by atoms with van der Waals surface area (Å²) in [5.41, 5.74) is 2.78. The Hall–Kier alpha value is -1.02. The molecule has 1 aromatic rings. The third-order valence-corrected chi connectivity index (χ3v) is 4.56. The fourth-order valence-corrected chi connectivity index (χ4v) is 3.27. The van der Waals surface area contributed by atoms with Crippen molar-refractivity contribution in [3.8, 4) is 0 Å². The van der Waals surface area contributed by atoms with Crippen LogP contribution in [-0.2, 0) is 6.54 Å². The average Bonchev–Trinajstić information content (AvgIpc) is 2.72. The predicted octanol–water partition coefficient (Wildman–Crippen LogP) is 4.59. The maximum Gasteiger partial charge on any atom is 0.0366 e.